The first-order valence-electron chi connectivity index (χ1n) is 3.89. The van der Waals surface area contributed by atoms with Gasteiger partial charge in [0.25, 0.3) is 0 Å². The molecular weight excluding hydrogens is 379 g/mol. The summed E-state index contributed by atoms with van der Waals surface area (Å²) in [6.07, 6.45) is -3.99. The summed E-state index contributed by atoms with van der Waals surface area (Å²) in [6.45, 7) is 0. The summed E-state index contributed by atoms with van der Waals surface area (Å²) in [6, 6.07) is 0. The summed E-state index contributed by atoms with van der Waals surface area (Å²) in [5.74, 6) is -2.07. The van der Waals surface area contributed by atoms with Crippen LogP contribution in [0.25, 0.3) is 0 Å². The number of hydrogen-bond donors (Lipinski definition) is 0. The molecule has 94 valence electrons. The van der Waals surface area contributed by atoms with Crippen LogP contribution >= 0.6 is 34.2 Å². The second kappa shape index (κ2) is 5.21. The second-order valence-electron chi connectivity index (χ2n) is 2.69. The van der Waals surface area contributed by atoms with Gasteiger partial charge in [0.15, 0.2) is 0 Å². The third kappa shape index (κ3) is 3.56. The van der Waals surface area contributed by atoms with E-state index in [4.69, 9.17) is 11.6 Å². The smallest absolute Gasteiger partial charge is 0.395 e. The van der Waals surface area contributed by atoms with Crippen molar-refractivity contribution < 1.29 is 22.8 Å². The Morgan fingerprint density at radius 2 is 2.18 bits per heavy atom. The lowest BCUT2D eigenvalue weighted by molar-refractivity contribution is -0.393. The van der Waals surface area contributed by atoms with Gasteiger partial charge >= 0.3 is 12.2 Å². The molecule has 1 heterocycles. The van der Waals surface area contributed by atoms with E-state index in [-0.39, 0.29) is 15.0 Å². The van der Waals surface area contributed by atoms with Crippen molar-refractivity contribution in [3.05, 3.63) is 25.4 Å². The molecule has 0 N–H and O–H groups in total. The molecule has 1 rings (SSSR count). The molecule has 0 aliphatic rings. The molecule has 0 bridgehead atoms. The number of ether oxygens (including phenoxy) is 1. The molecule has 10 heteroatoms. The highest BCUT2D eigenvalue weighted by Crippen LogP contribution is 2.36. The van der Waals surface area contributed by atoms with Gasteiger partial charge < -0.3 is 14.9 Å². The van der Waals surface area contributed by atoms with Crippen molar-refractivity contribution in [3.8, 4) is 5.75 Å². The molecule has 0 spiro atoms. The maximum absolute atomic E-state index is 12.1. The van der Waals surface area contributed by atoms with Crippen molar-refractivity contribution in [2.24, 2.45) is 0 Å². The minimum atomic E-state index is -5.03. The lowest BCUT2D eigenvalue weighted by Crippen LogP contribution is -2.19. The average Bonchev–Trinajstić information content (AvgIpc) is 2.18. The first kappa shape index (κ1) is 14.2. The van der Waals surface area contributed by atoms with Crippen molar-refractivity contribution in [3.63, 3.8) is 0 Å². The Morgan fingerprint density at radius 3 is 2.59 bits per heavy atom. The highest BCUT2D eigenvalue weighted by Gasteiger charge is 2.37. The minimum absolute atomic E-state index is 0.0865. The number of pyridine rings is 1. The Morgan fingerprint density at radius 1 is 1.59 bits per heavy atom. The van der Waals surface area contributed by atoms with Gasteiger partial charge in [0.05, 0.1) is 9.45 Å². The number of nitro groups is 1. The Bertz CT molecular complexity index is 455. The quantitative estimate of drug-likeness (QED) is 0.348. The first-order valence-corrected chi connectivity index (χ1v) is 5.51. The predicted octanol–water partition coefficient (Wildman–Crippen LogP) is 3.23. The zero-order valence-electron chi connectivity index (χ0n) is 7.79. The SMILES string of the molecule is O=[N+]([O-])c1ncc(CCl)c(I)c1OC(F)(F)F. The molecule has 5 nitrogen and oxygen atoms in total. The molecule has 0 atom stereocenters. The molecule has 0 saturated carbocycles. The van der Waals surface area contributed by atoms with E-state index in [1.807, 2.05) is 0 Å². The number of rotatable bonds is 3. The van der Waals surface area contributed by atoms with Crippen molar-refractivity contribution in [1.29, 1.82) is 0 Å². The van der Waals surface area contributed by atoms with Gasteiger partial charge in [0.2, 0.25) is 5.75 Å². The van der Waals surface area contributed by atoms with Gasteiger partial charge in [-0.3, -0.25) is 0 Å². The molecule has 0 unspecified atom stereocenters. The first-order chi connectivity index (χ1) is 7.76. The number of halogens is 5. The van der Waals surface area contributed by atoms with Crippen molar-refractivity contribution in [1.82, 2.24) is 4.98 Å². The van der Waals surface area contributed by atoms with Crippen LogP contribution < -0.4 is 4.74 Å². The van der Waals surface area contributed by atoms with E-state index in [0.29, 0.717) is 0 Å². The van der Waals surface area contributed by atoms with E-state index in [1.165, 1.54) is 22.6 Å². The van der Waals surface area contributed by atoms with E-state index in [9.17, 15) is 23.3 Å². The minimum Gasteiger partial charge on any atom is -0.395 e. The summed E-state index contributed by atoms with van der Waals surface area (Å²) in [7, 11) is 0. The van der Waals surface area contributed by atoms with E-state index < -0.39 is 22.9 Å². The maximum atomic E-state index is 12.1. The average molecular weight is 382 g/mol. The second-order valence-corrected chi connectivity index (χ2v) is 4.03. The van der Waals surface area contributed by atoms with E-state index in [1.54, 1.807) is 0 Å². The predicted molar refractivity (Wildman–Crippen MR) is 59.8 cm³/mol. The van der Waals surface area contributed by atoms with Crippen molar-refractivity contribution in [2.45, 2.75) is 12.2 Å². The van der Waals surface area contributed by atoms with Gasteiger partial charge in [-0.05, 0) is 32.5 Å². The summed E-state index contributed by atoms with van der Waals surface area (Å²) in [5.41, 5.74) is 0.220. The lowest BCUT2D eigenvalue weighted by atomic mass is 10.3. The molecule has 0 aromatic carbocycles. The van der Waals surface area contributed by atoms with Crippen molar-refractivity contribution >= 4 is 40.0 Å². The molecule has 1 aromatic rings. The summed E-state index contributed by atoms with van der Waals surface area (Å²) < 4.78 is 39.8. The Hall–Kier alpha value is -0.840. The molecule has 0 aliphatic carbocycles. The third-order valence-electron chi connectivity index (χ3n) is 1.56. The molecule has 0 fully saturated rings. The normalized spacial score (nSPS) is 11.4. The van der Waals surface area contributed by atoms with Crippen LogP contribution in [0.2, 0.25) is 0 Å². The molecule has 0 aliphatic heterocycles. The molecule has 0 saturated heterocycles. The number of aromatic nitrogens is 1. The molecule has 0 radical (unpaired) electrons. The molecule has 17 heavy (non-hydrogen) atoms. The zero-order valence-corrected chi connectivity index (χ0v) is 10.7. The van der Waals surface area contributed by atoms with Gasteiger partial charge in [-0.15, -0.1) is 24.8 Å². The van der Waals surface area contributed by atoms with Crippen LogP contribution in [-0.4, -0.2) is 16.3 Å². The highest BCUT2D eigenvalue weighted by molar-refractivity contribution is 14.1. The maximum Gasteiger partial charge on any atom is 0.573 e. The van der Waals surface area contributed by atoms with Crippen LogP contribution in [-0.2, 0) is 5.88 Å². The summed E-state index contributed by atoms with van der Waals surface area (Å²) in [5, 5.41) is 10.5. The molecule has 1 aromatic heterocycles. The summed E-state index contributed by atoms with van der Waals surface area (Å²) in [4.78, 5) is 12.7. The highest BCUT2D eigenvalue weighted by atomic mass is 127. The van der Waals surface area contributed by atoms with Crippen LogP contribution in [0.15, 0.2) is 6.20 Å². The number of alkyl halides is 4. The fourth-order valence-corrected chi connectivity index (χ4v) is 2.04. The van der Waals surface area contributed by atoms with Crippen LogP contribution in [0, 0.1) is 13.7 Å². The topological polar surface area (TPSA) is 65.3 Å². The fourth-order valence-electron chi connectivity index (χ4n) is 0.928. The van der Waals surface area contributed by atoms with Gasteiger partial charge in [0, 0.05) is 5.56 Å². The molecule has 0 amide bonds. The Labute approximate surface area is 111 Å². The van der Waals surface area contributed by atoms with Gasteiger partial charge in [-0.25, -0.2) is 0 Å². The standard InChI is InChI=1S/C7H3ClF3IN2O3/c8-1-3-2-13-6(14(15)16)5(4(3)12)17-7(9,10)11/h2H,1H2. The summed E-state index contributed by atoms with van der Waals surface area (Å²) >= 11 is 6.94. The van der Waals surface area contributed by atoms with Crippen LogP contribution in [0.5, 0.6) is 5.75 Å². The zero-order chi connectivity index (χ0) is 13.2. The fraction of sp³-hybridized carbons (Fsp3) is 0.286. The lowest BCUT2D eigenvalue weighted by Gasteiger charge is -2.11. The van der Waals surface area contributed by atoms with Crippen LogP contribution in [0.4, 0.5) is 19.0 Å². The molecular formula is C7H3ClF3IN2O3. The number of hydrogen-bond acceptors (Lipinski definition) is 4. The third-order valence-corrected chi connectivity index (χ3v) is 3.03. The van der Waals surface area contributed by atoms with Gasteiger partial charge in [0.1, 0.15) is 6.20 Å². The largest absolute Gasteiger partial charge is 0.573 e. The Balaban J connectivity index is 3.35. The number of nitrogens with zero attached hydrogens (tertiary/aromatic N) is 2. The van der Waals surface area contributed by atoms with Crippen LogP contribution in [0.1, 0.15) is 5.56 Å². The van der Waals surface area contributed by atoms with Crippen LogP contribution in [0.3, 0.4) is 0 Å². The Kier molecular flexibility index (Phi) is 4.36. The monoisotopic (exact) mass is 382 g/mol. The van der Waals surface area contributed by atoms with E-state index in [2.05, 4.69) is 9.72 Å². The van der Waals surface area contributed by atoms with E-state index in [0.717, 1.165) is 6.20 Å². The van der Waals surface area contributed by atoms with Crippen molar-refractivity contribution in [2.75, 3.05) is 0 Å². The van der Waals surface area contributed by atoms with Gasteiger partial charge in [-0.1, -0.05) is 0 Å². The van der Waals surface area contributed by atoms with E-state index >= 15 is 0 Å². The van der Waals surface area contributed by atoms with Gasteiger partial charge in [-0.2, -0.15) is 0 Å².